The summed E-state index contributed by atoms with van der Waals surface area (Å²) in [5.41, 5.74) is 10.1. The topological polar surface area (TPSA) is 35.2 Å². The highest BCUT2D eigenvalue weighted by atomic mass is 16.5. The van der Waals surface area contributed by atoms with Gasteiger partial charge in [0.25, 0.3) is 0 Å². The maximum atomic E-state index is 5.95. The molecule has 0 fully saturated rings. The standard InChI is InChI=1S/C16H19NO/c1-11(2)18-15-6-4-5-13(9-15)14-8-7-12(3)16(17)10-14/h4-11H,17H2,1-3H3. The molecular formula is C16H19NO. The minimum Gasteiger partial charge on any atom is -0.491 e. The van der Waals surface area contributed by atoms with Crippen LogP contribution < -0.4 is 10.5 Å². The molecule has 18 heavy (non-hydrogen) atoms. The molecule has 0 spiro atoms. The molecule has 0 aliphatic rings. The lowest BCUT2D eigenvalue weighted by Crippen LogP contribution is -2.05. The van der Waals surface area contributed by atoms with Gasteiger partial charge in [-0.25, -0.2) is 0 Å². The molecule has 0 unspecified atom stereocenters. The molecule has 0 aliphatic heterocycles. The zero-order valence-corrected chi connectivity index (χ0v) is 11.1. The Balaban J connectivity index is 2.35. The minimum atomic E-state index is 0.184. The van der Waals surface area contributed by atoms with Crippen LogP contribution in [-0.2, 0) is 0 Å². The summed E-state index contributed by atoms with van der Waals surface area (Å²) in [6.45, 7) is 6.06. The second kappa shape index (κ2) is 5.13. The van der Waals surface area contributed by atoms with Crippen LogP contribution in [-0.4, -0.2) is 6.10 Å². The van der Waals surface area contributed by atoms with Crippen LogP contribution in [0.4, 0.5) is 5.69 Å². The first-order valence-electron chi connectivity index (χ1n) is 6.19. The van der Waals surface area contributed by atoms with Crippen molar-refractivity contribution in [2.24, 2.45) is 0 Å². The third kappa shape index (κ3) is 2.83. The van der Waals surface area contributed by atoms with E-state index in [0.29, 0.717) is 0 Å². The molecule has 2 aromatic carbocycles. The number of anilines is 1. The smallest absolute Gasteiger partial charge is 0.120 e. The van der Waals surface area contributed by atoms with Crippen LogP contribution in [0.15, 0.2) is 42.5 Å². The molecule has 0 saturated carbocycles. The lowest BCUT2D eigenvalue weighted by molar-refractivity contribution is 0.242. The van der Waals surface area contributed by atoms with Crippen LogP contribution >= 0.6 is 0 Å². The lowest BCUT2D eigenvalue weighted by Gasteiger charge is -2.11. The van der Waals surface area contributed by atoms with E-state index in [4.69, 9.17) is 10.5 Å². The van der Waals surface area contributed by atoms with Gasteiger partial charge in [-0.15, -0.1) is 0 Å². The number of nitrogen functional groups attached to an aromatic ring is 1. The van der Waals surface area contributed by atoms with Gasteiger partial charge in [0.2, 0.25) is 0 Å². The molecule has 0 radical (unpaired) electrons. The van der Waals surface area contributed by atoms with Crippen molar-refractivity contribution in [3.05, 3.63) is 48.0 Å². The highest BCUT2D eigenvalue weighted by Crippen LogP contribution is 2.27. The third-order valence-electron chi connectivity index (χ3n) is 2.82. The molecule has 2 nitrogen and oxygen atoms in total. The van der Waals surface area contributed by atoms with E-state index in [0.717, 1.165) is 28.1 Å². The van der Waals surface area contributed by atoms with Crippen molar-refractivity contribution in [2.45, 2.75) is 26.9 Å². The second-order valence-electron chi connectivity index (χ2n) is 4.77. The fraction of sp³-hybridized carbons (Fsp3) is 0.250. The van der Waals surface area contributed by atoms with Crippen molar-refractivity contribution < 1.29 is 4.74 Å². The van der Waals surface area contributed by atoms with E-state index >= 15 is 0 Å². The summed E-state index contributed by atoms with van der Waals surface area (Å²) in [7, 11) is 0. The largest absolute Gasteiger partial charge is 0.491 e. The van der Waals surface area contributed by atoms with Gasteiger partial charge >= 0.3 is 0 Å². The van der Waals surface area contributed by atoms with Crippen LogP contribution in [0.1, 0.15) is 19.4 Å². The van der Waals surface area contributed by atoms with Gasteiger partial charge in [0, 0.05) is 5.69 Å². The van der Waals surface area contributed by atoms with Crippen LogP contribution in [0.2, 0.25) is 0 Å². The van der Waals surface area contributed by atoms with Crippen LogP contribution in [0.3, 0.4) is 0 Å². The van der Waals surface area contributed by atoms with E-state index in [-0.39, 0.29) is 6.10 Å². The summed E-state index contributed by atoms with van der Waals surface area (Å²) in [6, 6.07) is 14.2. The molecule has 0 aromatic heterocycles. The maximum absolute atomic E-state index is 5.95. The van der Waals surface area contributed by atoms with Crippen LogP contribution in [0, 0.1) is 6.92 Å². The van der Waals surface area contributed by atoms with E-state index < -0.39 is 0 Å². The Bertz CT molecular complexity index is 547. The number of nitrogens with two attached hydrogens (primary N) is 1. The summed E-state index contributed by atoms with van der Waals surface area (Å²) < 4.78 is 5.70. The highest BCUT2D eigenvalue weighted by molar-refractivity contribution is 5.69. The Morgan fingerprint density at radius 1 is 1.00 bits per heavy atom. The van der Waals surface area contributed by atoms with Gasteiger partial charge < -0.3 is 10.5 Å². The van der Waals surface area contributed by atoms with E-state index in [1.165, 1.54) is 0 Å². The van der Waals surface area contributed by atoms with E-state index in [1.54, 1.807) is 0 Å². The summed E-state index contributed by atoms with van der Waals surface area (Å²) in [6.07, 6.45) is 0.184. The normalized spacial score (nSPS) is 10.7. The Morgan fingerprint density at radius 3 is 2.39 bits per heavy atom. The van der Waals surface area contributed by atoms with Crippen LogP contribution in [0.25, 0.3) is 11.1 Å². The molecule has 0 amide bonds. The van der Waals surface area contributed by atoms with Crippen molar-refractivity contribution in [3.63, 3.8) is 0 Å². The first-order chi connectivity index (χ1) is 8.56. The molecule has 0 bridgehead atoms. The molecule has 2 N–H and O–H groups in total. The zero-order chi connectivity index (χ0) is 13.1. The van der Waals surface area contributed by atoms with E-state index in [9.17, 15) is 0 Å². The SMILES string of the molecule is Cc1ccc(-c2cccc(OC(C)C)c2)cc1N. The fourth-order valence-electron chi connectivity index (χ4n) is 1.84. The van der Waals surface area contributed by atoms with Gasteiger partial charge in [-0.2, -0.15) is 0 Å². The van der Waals surface area contributed by atoms with Crippen molar-refractivity contribution in [3.8, 4) is 16.9 Å². The minimum absolute atomic E-state index is 0.184. The first-order valence-corrected chi connectivity index (χ1v) is 6.19. The molecule has 2 aromatic rings. The predicted octanol–water partition coefficient (Wildman–Crippen LogP) is 4.03. The Hall–Kier alpha value is -1.96. The number of ether oxygens (including phenoxy) is 1. The van der Waals surface area contributed by atoms with Gasteiger partial charge in [-0.05, 0) is 55.7 Å². The van der Waals surface area contributed by atoms with Gasteiger partial charge in [0.05, 0.1) is 6.10 Å². The first kappa shape index (κ1) is 12.5. The quantitative estimate of drug-likeness (QED) is 0.823. The number of aryl methyl sites for hydroxylation is 1. The average Bonchev–Trinajstić information content (AvgIpc) is 2.32. The molecule has 0 aliphatic carbocycles. The highest BCUT2D eigenvalue weighted by Gasteiger charge is 2.03. The maximum Gasteiger partial charge on any atom is 0.120 e. The molecule has 0 saturated heterocycles. The number of hydrogen-bond acceptors (Lipinski definition) is 2. The average molecular weight is 241 g/mol. The van der Waals surface area contributed by atoms with Crippen molar-refractivity contribution in [1.29, 1.82) is 0 Å². The summed E-state index contributed by atoms with van der Waals surface area (Å²) in [5.74, 6) is 0.890. The lowest BCUT2D eigenvalue weighted by atomic mass is 10.0. The number of rotatable bonds is 3. The van der Waals surface area contributed by atoms with Gasteiger partial charge in [-0.3, -0.25) is 0 Å². The summed E-state index contributed by atoms with van der Waals surface area (Å²) >= 11 is 0. The molecule has 2 heteroatoms. The fourth-order valence-corrected chi connectivity index (χ4v) is 1.84. The summed E-state index contributed by atoms with van der Waals surface area (Å²) in [5, 5.41) is 0. The van der Waals surface area contributed by atoms with E-state index in [1.807, 2.05) is 51.1 Å². The zero-order valence-electron chi connectivity index (χ0n) is 11.1. The van der Waals surface area contributed by atoms with Crippen LogP contribution in [0.5, 0.6) is 5.75 Å². The molecule has 0 heterocycles. The number of hydrogen-bond donors (Lipinski definition) is 1. The molecule has 2 rings (SSSR count). The van der Waals surface area contributed by atoms with Crippen molar-refractivity contribution >= 4 is 5.69 Å². The van der Waals surface area contributed by atoms with Crippen molar-refractivity contribution in [1.82, 2.24) is 0 Å². The Morgan fingerprint density at radius 2 is 1.72 bits per heavy atom. The van der Waals surface area contributed by atoms with Crippen molar-refractivity contribution in [2.75, 3.05) is 5.73 Å². The molecule has 94 valence electrons. The van der Waals surface area contributed by atoms with E-state index in [2.05, 4.69) is 12.1 Å². The van der Waals surface area contributed by atoms with Gasteiger partial charge in [-0.1, -0.05) is 24.3 Å². The van der Waals surface area contributed by atoms with Gasteiger partial charge in [0.1, 0.15) is 5.75 Å². The monoisotopic (exact) mass is 241 g/mol. The molecular weight excluding hydrogens is 222 g/mol. The third-order valence-corrected chi connectivity index (χ3v) is 2.82. The molecule has 0 atom stereocenters. The second-order valence-corrected chi connectivity index (χ2v) is 4.77. The predicted molar refractivity (Wildman–Crippen MR) is 76.8 cm³/mol. The van der Waals surface area contributed by atoms with Gasteiger partial charge in [0.15, 0.2) is 0 Å². The number of benzene rings is 2. The Kier molecular flexibility index (Phi) is 3.56. The Labute approximate surface area is 108 Å². The summed E-state index contributed by atoms with van der Waals surface area (Å²) in [4.78, 5) is 0.